The van der Waals surface area contributed by atoms with Crippen LogP contribution in [0.15, 0.2) is 0 Å². The van der Waals surface area contributed by atoms with Gasteiger partial charge in [0.1, 0.15) is 5.10 Å². The second kappa shape index (κ2) is 4.62. The zero-order valence-electron chi connectivity index (χ0n) is 6.55. The summed E-state index contributed by atoms with van der Waals surface area (Å²) in [6.07, 6.45) is 0. The summed E-state index contributed by atoms with van der Waals surface area (Å²) in [7, 11) is 0. The summed E-state index contributed by atoms with van der Waals surface area (Å²) in [5.41, 5.74) is 4.46. The average Bonchev–Trinajstić information content (AvgIpc) is 2.30. The molecule has 0 bridgehead atoms. The van der Waals surface area contributed by atoms with Gasteiger partial charge in [-0.25, -0.2) is 0 Å². The van der Waals surface area contributed by atoms with E-state index in [1.54, 1.807) is 0 Å². The Kier molecular flexibility index (Phi) is 4.42. The minimum Gasteiger partial charge on any atom is -0.385 e. The fraction of sp³-hybridized carbons (Fsp3) is 0. The topological polar surface area (TPSA) is 141 Å². The maximum absolute atomic E-state index is 10.1. The van der Waals surface area contributed by atoms with Gasteiger partial charge in [0.2, 0.25) is 5.69 Å². The molecule has 0 saturated heterocycles. The van der Waals surface area contributed by atoms with Crippen molar-refractivity contribution in [2.45, 2.75) is 0 Å². The van der Waals surface area contributed by atoms with E-state index in [1.165, 1.54) is 0 Å². The Hall–Kier alpha value is -0.554. The third kappa shape index (κ3) is 2.44. The normalized spacial score (nSPS) is 8.92. The molecule has 1 heterocycles. The van der Waals surface area contributed by atoms with Crippen LogP contribution < -0.4 is 5.73 Å². The number of aromatic amines is 1. The first-order valence-corrected chi connectivity index (χ1v) is 2.66. The molecule has 65 valence electrons. The Balaban J connectivity index is 0.00000144. The van der Waals surface area contributed by atoms with Crippen molar-refractivity contribution in [2.75, 3.05) is 5.73 Å². The molecule has 13 heavy (non-hydrogen) atoms. The second-order valence-electron chi connectivity index (χ2n) is 1.82. The van der Waals surface area contributed by atoms with E-state index in [0.717, 1.165) is 0 Å². The summed E-state index contributed by atoms with van der Waals surface area (Å²) in [5, 5.41) is 25.1. The van der Waals surface area contributed by atoms with Crippen molar-refractivity contribution in [1.29, 1.82) is 0 Å². The van der Waals surface area contributed by atoms with Crippen molar-refractivity contribution in [3.8, 4) is 0 Å². The number of nitrogens with one attached hydrogen (secondary N) is 1. The van der Waals surface area contributed by atoms with E-state index in [4.69, 9.17) is 5.73 Å². The molecule has 0 saturated carbocycles. The Bertz CT molecular complexity index is 316. The largest absolute Gasteiger partial charge is 0.443 e. The van der Waals surface area contributed by atoms with Crippen LogP contribution in [0.3, 0.4) is 0 Å². The number of nitrogens with zero attached hydrogens (tertiary/aromatic N) is 3. The van der Waals surface area contributed by atoms with Crippen molar-refractivity contribution in [3.63, 3.8) is 0 Å². The second-order valence-corrected chi connectivity index (χ2v) is 1.82. The number of hydrogen-bond acceptors (Lipinski definition) is 6. The van der Waals surface area contributed by atoms with Crippen molar-refractivity contribution in [1.82, 2.24) is 10.2 Å². The zero-order chi connectivity index (χ0) is 9.30. The van der Waals surface area contributed by atoms with E-state index in [0.29, 0.717) is 0 Å². The van der Waals surface area contributed by atoms with Crippen LogP contribution in [0.1, 0.15) is 0 Å². The molecule has 10 heteroatoms. The average molecular weight is 212 g/mol. The molecular formula is C3H3KN5O4. The van der Waals surface area contributed by atoms with E-state index in [-0.39, 0.29) is 51.4 Å². The number of rotatable bonds is 2. The fourth-order valence-electron chi connectivity index (χ4n) is 0.611. The van der Waals surface area contributed by atoms with Gasteiger partial charge < -0.3 is 26.0 Å². The first-order chi connectivity index (χ1) is 5.54. The Morgan fingerprint density at radius 2 is 1.85 bits per heavy atom. The third-order valence-electron chi connectivity index (χ3n) is 1.12. The van der Waals surface area contributed by atoms with Gasteiger partial charge in [-0.15, -0.1) is 0 Å². The molecule has 1 rings (SSSR count). The molecule has 1 aromatic rings. The van der Waals surface area contributed by atoms with Crippen LogP contribution in [0.2, 0.25) is 0 Å². The monoisotopic (exact) mass is 212 g/mol. The van der Waals surface area contributed by atoms with Gasteiger partial charge in [0.05, 0.1) is 0 Å². The molecule has 0 aliphatic carbocycles. The van der Waals surface area contributed by atoms with Gasteiger partial charge in [-0.2, -0.15) is 0 Å². The zero-order valence-corrected chi connectivity index (χ0v) is 9.68. The molecule has 0 spiro atoms. The van der Waals surface area contributed by atoms with Gasteiger partial charge in [0.15, 0.2) is 0 Å². The number of nitro groups is 2. The third-order valence-corrected chi connectivity index (χ3v) is 1.12. The molecule has 3 N–H and O–H groups in total. The summed E-state index contributed by atoms with van der Waals surface area (Å²) in [6, 6.07) is 0. The summed E-state index contributed by atoms with van der Waals surface area (Å²) in [5.74, 6) is -1.40. The van der Waals surface area contributed by atoms with Crippen LogP contribution in [0.4, 0.5) is 17.3 Å². The number of nitrogen functional groups attached to an aromatic ring is 1. The predicted octanol–water partition coefficient (Wildman–Crippen LogP) is -0.573. The van der Waals surface area contributed by atoms with E-state index < -0.39 is 27.2 Å². The number of anilines is 1. The minimum atomic E-state index is -0.904. The number of aromatic nitrogens is 2. The van der Waals surface area contributed by atoms with Crippen molar-refractivity contribution < 1.29 is 9.85 Å². The summed E-state index contributed by atoms with van der Waals surface area (Å²) in [4.78, 5) is 18.4. The number of H-pyrrole nitrogens is 1. The van der Waals surface area contributed by atoms with E-state index in [2.05, 4.69) is 5.10 Å². The molecule has 0 fully saturated rings. The maximum Gasteiger partial charge on any atom is 0.443 e. The summed E-state index contributed by atoms with van der Waals surface area (Å²) < 4.78 is 0. The van der Waals surface area contributed by atoms with Crippen LogP contribution in [-0.4, -0.2) is 71.4 Å². The molecule has 0 amide bonds. The Morgan fingerprint density at radius 1 is 1.31 bits per heavy atom. The van der Waals surface area contributed by atoms with Crippen LogP contribution in [0.25, 0.3) is 0 Å². The molecule has 9 nitrogen and oxygen atoms in total. The number of nitrogens with two attached hydrogens (primary N) is 1. The van der Waals surface area contributed by atoms with E-state index in [1.807, 2.05) is 5.10 Å². The van der Waals surface area contributed by atoms with Crippen LogP contribution in [0, 0.1) is 20.2 Å². The molecule has 0 atom stereocenters. The van der Waals surface area contributed by atoms with Crippen molar-refractivity contribution in [3.05, 3.63) is 20.2 Å². The van der Waals surface area contributed by atoms with Crippen molar-refractivity contribution in [2.24, 2.45) is 0 Å². The van der Waals surface area contributed by atoms with E-state index in [9.17, 15) is 20.2 Å². The SMILES string of the molecule is Nc1c([N+](=O)[O-])n[nH]c1[N+](=O)[O-].[K]. The van der Waals surface area contributed by atoms with Crippen molar-refractivity contribution >= 4 is 68.7 Å². The molecule has 0 aliphatic rings. The smallest absolute Gasteiger partial charge is 0.385 e. The van der Waals surface area contributed by atoms with Gasteiger partial charge in [0.25, 0.3) is 0 Å². The van der Waals surface area contributed by atoms with Gasteiger partial charge >= 0.3 is 11.6 Å². The molecule has 0 aromatic carbocycles. The summed E-state index contributed by atoms with van der Waals surface area (Å²) >= 11 is 0. The molecular weight excluding hydrogens is 209 g/mol. The van der Waals surface area contributed by atoms with Crippen LogP contribution in [0.5, 0.6) is 0 Å². The number of hydrogen-bond donors (Lipinski definition) is 2. The maximum atomic E-state index is 10.1. The summed E-state index contributed by atoms with van der Waals surface area (Å²) in [6.45, 7) is 0. The molecule has 1 radical (unpaired) electrons. The van der Waals surface area contributed by atoms with Gasteiger partial charge in [-0.05, 0) is 14.9 Å². The minimum absolute atomic E-state index is 0. The quantitative estimate of drug-likeness (QED) is 0.382. The Morgan fingerprint density at radius 3 is 2.08 bits per heavy atom. The Labute approximate surface area is 113 Å². The molecule has 1 aromatic heterocycles. The van der Waals surface area contributed by atoms with Gasteiger partial charge in [0, 0.05) is 51.4 Å². The standard InChI is InChI=1S/C3H3N5O4.K/c4-1-2(7(9)10)5-6-3(1)8(11)12;/h4H2,(H,5,6);. The predicted molar refractivity (Wildman–Crippen MR) is 42.1 cm³/mol. The van der Waals surface area contributed by atoms with Gasteiger partial charge in [-0.1, -0.05) is 0 Å². The molecule has 0 aliphatic heterocycles. The van der Waals surface area contributed by atoms with Gasteiger partial charge in [-0.3, -0.25) is 0 Å². The van der Waals surface area contributed by atoms with E-state index >= 15 is 0 Å². The fourth-order valence-corrected chi connectivity index (χ4v) is 0.611. The van der Waals surface area contributed by atoms with Crippen LogP contribution in [-0.2, 0) is 0 Å². The first-order valence-electron chi connectivity index (χ1n) is 2.66. The molecule has 0 unspecified atom stereocenters. The van der Waals surface area contributed by atoms with Crippen LogP contribution >= 0.6 is 0 Å². The first kappa shape index (κ1) is 12.4.